The van der Waals surface area contributed by atoms with Gasteiger partial charge in [0.25, 0.3) is 0 Å². The Hall–Kier alpha value is -3.20. The second kappa shape index (κ2) is 8.66. The number of aromatic nitrogens is 1. The molecule has 0 atom stereocenters. The third kappa shape index (κ3) is 3.74. The third-order valence-corrected chi connectivity index (χ3v) is 4.84. The number of carbonyl (C=O) groups excluding carboxylic acids is 1. The lowest BCUT2D eigenvalue weighted by Crippen LogP contribution is -2.34. The van der Waals surface area contributed by atoms with E-state index in [2.05, 4.69) is 28.2 Å². The Morgan fingerprint density at radius 2 is 2.07 bits per heavy atom. The second-order valence-electron chi connectivity index (χ2n) is 6.56. The van der Waals surface area contributed by atoms with Gasteiger partial charge in [-0.05, 0) is 57.4 Å². The minimum absolute atomic E-state index is 0.186. The van der Waals surface area contributed by atoms with Gasteiger partial charge in [-0.25, -0.2) is 4.79 Å². The molecule has 6 nitrogen and oxygen atoms in total. The zero-order valence-corrected chi connectivity index (χ0v) is 16.6. The summed E-state index contributed by atoms with van der Waals surface area (Å²) in [4.78, 5) is 11.7. The first-order chi connectivity index (χ1) is 13.6. The van der Waals surface area contributed by atoms with Crippen LogP contribution in [0.5, 0.6) is 5.75 Å². The summed E-state index contributed by atoms with van der Waals surface area (Å²) >= 11 is 0. The molecule has 1 aliphatic carbocycles. The number of allylic oxidation sites excluding steroid dienone is 4. The molecule has 2 amide bonds. The van der Waals surface area contributed by atoms with E-state index in [1.807, 2.05) is 44.2 Å². The van der Waals surface area contributed by atoms with E-state index in [-0.39, 0.29) is 6.03 Å². The van der Waals surface area contributed by atoms with Crippen LogP contribution in [0.15, 0.2) is 36.0 Å². The smallest absolute Gasteiger partial charge is 0.318 e. The highest BCUT2D eigenvalue weighted by atomic mass is 16.5. The van der Waals surface area contributed by atoms with Crippen LogP contribution in [0, 0.1) is 11.3 Å². The summed E-state index contributed by atoms with van der Waals surface area (Å²) in [6.07, 6.45) is 5.43. The summed E-state index contributed by atoms with van der Waals surface area (Å²) in [5, 5.41) is 16.4. The molecule has 1 aliphatic rings. The molecule has 2 N–H and O–H groups in total. The Morgan fingerprint density at radius 1 is 1.25 bits per heavy atom. The number of fused-ring (bicyclic) bond motifs is 1. The Morgan fingerprint density at radius 3 is 2.68 bits per heavy atom. The van der Waals surface area contributed by atoms with E-state index in [4.69, 9.17) is 4.74 Å². The van der Waals surface area contributed by atoms with Crippen molar-refractivity contribution >= 4 is 22.5 Å². The summed E-state index contributed by atoms with van der Waals surface area (Å²) in [5.41, 5.74) is 4.65. The molecule has 3 rings (SSSR count). The summed E-state index contributed by atoms with van der Waals surface area (Å²) in [7, 11) is 0. The van der Waals surface area contributed by atoms with Crippen molar-refractivity contribution in [2.24, 2.45) is 0 Å². The molecule has 1 aromatic heterocycles. The van der Waals surface area contributed by atoms with Gasteiger partial charge < -0.3 is 19.9 Å². The maximum absolute atomic E-state index is 11.7. The summed E-state index contributed by atoms with van der Waals surface area (Å²) in [6, 6.07) is 8.11. The number of hydrogen-bond acceptors (Lipinski definition) is 3. The van der Waals surface area contributed by atoms with E-state index in [9.17, 15) is 10.1 Å². The number of nitrogens with zero attached hydrogens (tertiary/aromatic N) is 2. The van der Waals surface area contributed by atoms with Crippen LogP contribution in [0.2, 0.25) is 0 Å². The first kappa shape index (κ1) is 19.6. The summed E-state index contributed by atoms with van der Waals surface area (Å²) in [5.74, 6) is 0.809. The lowest BCUT2D eigenvalue weighted by atomic mass is 9.97. The van der Waals surface area contributed by atoms with Crippen LogP contribution in [0.3, 0.4) is 0 Å². The number of rotatable bonds is 6. The van der Waals surface area contributed by atoms with E-state index < -0.39 is 0 Å². The average Bonchev–Trinajstić information content (AvgIpc) is 3.01. The molecule has 0 spiro atoms. The van der Waals surface area contributed by atoms with Crippen molar-refractivity contribution < 1.29 is 9.53 Å². The fourth-order valence-corrected chi connectivity index (χ4v) is 3.65. The SMILES string of the molecule is CCNC(=O)NC1=CC=C(c2c(C#N)c3ccc(OCC)cc3n2CC)CC1. The van der Waals surface area contributed by atoms with Gasteiger partial charge in [0.1, 0.15) is 11.8 Å². The molecule has 146 valence electrons. The van der Waals surface area contributed by atoms with Crippen LogP contribution in [-0.2, 0) is 6.54 Å². The summed E-state index contributed by atoms with van der Waals surface area (Å²) < 4.78 is 7.82. The van der Waals surface area contributed by atoms with Crippen LogP contribution in [0.1, 0.15) is 44.9 Å². The first-order valence-corrected chi connectivity index (χ1v) is 9.76. The zero-order chi connectivity index (χ0) is 20.1. The van der Waals surface area contributed by atoms with Crippen molar-refractivity contribution in [3.8, 4) is 11.8 Å². The Balaban J connectivity index is 2.03. The van der Waals surface area contributed by atoms with Gasteiger partial charge in [-0.15, -0.1) is 0 Å². The number of nitrogens with one attached hydrogen (secondary N) is 2. The Labute approximate surface area is 165 Å². The number of carbonyl (C=O) groups is 1. The Kier molecular flexibility index (Phi) is 6.05. The highest BCUT2D eigenvalue weighted by Crippen LogP contribution is 2.36. The van der Waals surface area contributed by atoms with Crippen molar-refractivity contribution in [2.45, 2.75) is 40.2 Å². The standard InChI is InChI=1S/C22H26N4O2/c1-4-24-22(27)25-16-9-7-15(8-10-16)21-19(14-23)18-12-11-17(28-6-3)13-20(18)26(21)5-2/h7,9,11-13H,4-6,8,10H2,1-3H3,(H2,24,25,27). The van der Waals surface area contributed by atoms with Gasteiger partial charge >= 0.3 is 6.03 Å². The lowest BCUT2D eigenvalue weighted by molar-refractivity contribution is 0.243. The van der Waals surface area contributed by atoms with Crippen molar-refractivity contribution in [1.29, 1.82) is 5.26 Å². The number of hydrogen-bond donors (Lipinski definition) is 2. The van der Waals surface area contributed by atoms with Gasteiger partial charge in [0.15, 0.2) is 0 Å². The number of ether oxygens (including phenoxy) is 1. The molecule has 1 aromatic carbocycles. The molecule has 0 radical (unpaired) electrons. The van der Waals surface area contributed by atoms with Crippen LogP contribution in [0.4, 0.5) is 4.79 Å². The van der Waals surface area contributed by atoms with Crippen LogP contribution in [-0.4, -0.2) is 23.7 Å². The monoisotopic (exact) mass is 378 g/mol. The van der Waals surface area contributed by atoms with Crippen molar-refractivity contribution in [3.63, 3.8) is 0 Å². The lowest BCUT2D eigenvalue weighted by Gasteiger charge is -2.18. The predicted molar refractivity (Wildman–Crippen MR) is 111 cm³/mol. The molecule has 28 heavy (non-hydrogen) atoms. The topological polar surface area (TPSA) is 79.1 Å². The molecule has 0 aliphatic heterocycles. The van der Waals surface area contributed by atoms with E-state index in [0.29, 0.717) is 18.7 Å². The fraction of sp³-hybridized carbons (Fsp3) is 0.364. The maximum Gasteiger partial charge on any atom is 0.318 e. The fourth-order valence-electron chi connectivity index (χ4n) is 3.65. The first-order valence-electron chi connectivity index (χ1n) is 9.76. The quantitative estimate of drug-likeness (QED) is 0.786. The van der Waals surface area contributed by atoms with E-state index in [1.165, 1.54) is 0 Å². The van der Waals surface area contributed by atoms with Gasteiger partial charge in [-0.1, -0.05) is 6.08 Å². The molecular weight excluding hydrogens is 352 g/mol. The zero-order valence-electron chi connectivity index (χ0n) is 16.6. The van der Waals surface area contributed by atoms with Crippen molar-refractivity contribution in [2.75, 3.05) is 13.2 Å². The number of nitriles is 1. The van der Waals surface area contributed by atoms with Gasteiger partial charge in [-0.2, -0.15) is 5.26 Å². The van der Waals surface area contributed by atoms with Crippen LogP contribution in [0.25, 0.3) is 16.5 Å². The van der Waals surface area contributed by atoms with Gasteiger partial charge in [0.2, 0.25) is 0 Å². The van der Waals surface area contributed by atoms with Crippen LogP contribution >= 0.6 is 0 Å². The average molecular weight is 378 g/mol. The largest absolute Gasteiger partial charge is 0.494 e. The second-order valence-corrected chi connectivity index (χ2v) is 6.56. The molecule has 2 aromatic rings. The molecule has 0 saturated carbocycles. The number of urea groups is 1. The Bertz CT molecular complexity index is 992. The number of benzene rings is 1. The minimum Gasteiger partial charge on any atom is -0.494 e. The molecular formula is C22H26N4O2. The highest BCUT2D eigenvalue weighted by Gasteiger charge is 2.21. The predicted octanol–water partition coefficient (Wildman–Crippen LogP) is 4.31. The molecule has 0 unspecified atom stereocenters. The third-order valence-electron chi connectivity index (χ3n) is 4.84. The van der Waals surface area contributed by atoms with Gasteiger partial charge in [-0.3, -0.25) is 0 Å². The molecule has 0 bridgehead atoms. The maximum atomic E-state index is 11.7. The van der Waals surface area contributed by atoms with Crippen molar-refractivity contribution in [1.82, 2.24) is 15.2 Å². The van der Waals surface area contributed by atoms with Gasteiger partial charge in [0, 0.05) is 30.2 Å². The molecule has 6 heteroatoms. The minimum atomic E-state index is -0.186. The van der Waals surface area contributed by atoms with Crippen molar-refractivity contribution in [3.05, 3.63) is 47.3 Å². The van der Waals surface area contributed by atoms with E-state index in [0.717, 1.165) is 53.0 Å². The van der Waals surface area contributed by atoms with Crippen LogP contribution < -0.4 is 15.4 Å². The highest BCUT2D eigenvalue weighted by molar-refractivity contribution is 5.94. The number of aryl methyl sites for hydroxylation is 1. The molecule has 0 saturated heterocycles. The molecule has 1 heterocycles. The number of amides is 2. The van der Waals surface area contributed by atoms with E-state index >= 15 is 0 Å². The molecule has 0 fully saturated rings. The normalized spacial score (nSPS) is 13.5. The van der Waals surface area contributed by atoms with Gasteiger partial charge in [0.05, 0.1) is 23.4 Å². The summed E-state index contributed by atoms with van der Waals surface area (Å²) in [6.45, 7) is 7.88. The van der Waals surface area contributed by atoms with E-state index in [1.54, 1.807) is 0 Å².